The molecule has 2 unspecified atom stereocenters. The number of aromatic amines is 1. The third kappa shape index (κ3) is 3.13. The van der Waals surface area contributed by atoms with E-state index in [2.05, 4.69) is 41.0 Å². The van der Waals surface area contributed by atoms with E-state index in [0.717, 1.165) is 18.2 Å². The summed E-state index contributed by atoms with van der Waals surface area (Å²) < 4.78 is 0. The smallest absolute Gasteiger partial charge is 0.407 e. The van der Waals surface area contributed by atoms with Crippen LogP contribution in [0.3, 0.4) is 0 Å². The Kier molecular flexibility index (Phi) is 4.29. The minimum absolute atomic E-state index is 0.0427. The average Bonchev–Trinajstić information content (AvgIpc) is 2.94. The van der Waals surface area contributed by atoms with E-state index in [1.165, 1.54) is 4.90 Å². The Hall–Kier alpha value is -2.02. The molecular formula is C16H22ClN5O2. The second-order valence-corrected chi connectivity index (χ2v) is 7.60. The zero-order chi connectivity index (χ0) is 17.5. The van der Waals surface area contributed by atoms with Gasteiger partial charge < -0.3 is 20.3 Å². The minimum Gasteiger partial charge on any atom is -0.465 e. The summed E-state index contributed by atoms with van der Waals surface area (Å²) in [6.07, 6.45) is 2.59. The Morgan fingerprint density at radius 1 is 1.46 bits per heavy atom. The molecule has 3 heterocycles. The van der Waals surface area contributed by atoms with E-state index in [-0.39, 0.29) is 22.8 Å². The van der Waals surface area contributed by atoms with Gasteiger partial charge in [0.15, 0.2) is 0 Å². The summed E-state index contributed by atoms with van der Waals surface area (Å²) in [6, 6.07) is 1.68. The summed E-state index contributed by atoms with van der Waals surface area (Å²) >= 11 is 6.02. The Morgan fingerprint density at radius 3 is 2.88 bits per heavy atom. The van der Waals surface area contributed by atoms with Crippen LogP contribution in [0.4, 0.5) is 10.6 Å². The molecule has 2 aromatic heterocycles. The van der Waals surface area contributed by atoms with Crippen molar-refractivity contribution in [1.29, 1.82) is 0 Å². The Morgan fingerprint density at radius 2 is 2.21 bits per heavy atom. The van der Waals surface area contributed by atoms with Crippen LogP contribution >= 0.6 is 11.6 Å². The molecule has 24 heavy (non-hydrogen) atoms. The highest BCUT2D eigenvalue weighted by Gasteiger charge is 2.42. The molecule has 0 bridgehead atoms. The van der Waals surface area contributed by atoms with Gasteiger partial charge in [-0.15, -0.1) is 0 Å². The fourth-order valence-electron chi connectivity index (χ4n) is 3.63. The number of hydrogen-bond acceptors (Lipinski definition) is 4. The lowest BCUT2D eigenvalue weighted by Crippen LogP contribution is -2.58. The molecule has 0 aliphatic carbocycles. The topological polar surface area (TPSA) is 94.1 Å². The first-order chi connectivity index (χ1) is 11.3. The number of anilines is 1. The number of halogens is 1. The molecule has 1 aliphatic heterocycles. The number of nitrogens with one attached hydrogen (secondary N) is 2. The van der Waals surface area contributed by atoms with E-state index in [4.69, 9.17) is 11.6 Å². The van der Waals surface area contributed by atoms with Crippen molar-refractivity contribution < 1.29 is 9.90 Å². The van der Waals surface area contributed by atoms with E-state index in [1.54, 1.807) is 6.20 Å². The van der Waals surface area contributed by atoms with Gasteiger partial charge in [0.1, 0.15) is 11.5 Å². The number of amides is 1. The number of piperidine rings is 1. The minimum atomic E-state index is -0.881. The molecule has 130 valence electrons. The normalized spacial score (nSPS) is 21.9. The summed E-state index contributed by atoms with van der Waals surface area (Å²) in [5, 5.41) is 14.0. The van der Waals surface area contributed by atoms with Crippen LogP contribution in [0.15, 0.2) is 12.3 Å². The summed E-state index contributed by atoms with van der Waals surface area (Å²) in [4.78, 5) is 24.7. The van der Waals surface area contributed by atoms with Gasteiger partial charge in [-0.25, -0.2) is 9.78 Å². The van der Waals surface area contributed by atoms with Gasteiger partial charge in [0.05, 0.1) is 11.4 Å². The predicted octanol–water partition coefficient (Wildman–Crippen LogP) is 3.58. The molecule has 0 spiro atoms. The van der Waals surface area contributed by atoms with E-state index < -0.39 is 6.09 Å². The summed E-state index contributed by atoms with van der Waals surface area (Å²) in [6.45, 7) is 6.74. The summed E-state index contributed by atoms with van der Waals surface area (Å²) in [5.74, 6) is 0.637. The number of H-pyrrole nitrogens is 1. The van der Waals surface area contributed by atoms with Crippen molar-refractivity contribution in [2.24, 2.45) is 5.41 Å². The SMILES string of the molecule is CC(C)(C)C1C(Nc2nc(Cl)nc3[nH]ccc23)CCCN1C(=O)O. The van der Waals surface area contributed by atoms with Crippen LogP contribution in [0.2, 0.25) is 5.28 Å². The number of aromatic nitrogens is 3. The maximum Gasteiger partial charge on any atom is 0.407 e. The molecule has 1 aliphatic rings. The van der Waals surface area contributed by atoms with Crippen LogP contribution in [-0.4, -0.2) is 49.7 Å². The maximum atomic E-state index is 11.7. The Bertz CT molecular complexity index is 754. The van der Waals surface area contributed by atoms with Crippen molar-refractivity contribution in [2.45, 2.75) is 45.7 Å². The number of likely N-dealkylation sites (tertiary alicyclic amines) is 1. The fourth-order valence-corrected chi connectivity index (χ4v) is 3.80. The highest BCUT2D eigenvalue weighted by molar-refractivity contribution is 6.28. The lowest BCUT2D eigenvalue weighted by Gasteiger charge is -2.47. The number of rotatable bonds is 2. The zero-order valence-corrected chi connectivity index (χ0v) is 14.8. The predicted molar refractivity (Wildman–Crippen MR) is 93.5 cm³/mol. The quantitative estimate of drug-likeness (QED) is 0.719. The van der Waals surface area contributed by atoms with E-state index in [9.17, 15) is 9.90 Å². The van der Waals surface area contributed by atoms with Gasteiger partial charge in [0, 0.05) is 18.8 Å². The average molecular weight is 352 g/mol. The van der Waals surface area contributed by atoms with Crippen LogP contribution < -0.4 is 5.32 Å². The summed E-state index contributed by atoms with van der Waals surface area (Å²) in [7, 11) is 0. The van der Waals surface area contributed by atoms with Crippen LogP contribution in [0, 0.1) is 5.41 Å². The largest absolute Gasteiger partial charge is 0.465 e. The standard InChI is InChI=1S/C16H22ClN5O2/c1-16(2,3)11-10(5-4-8-22(11)15(23)24)19-13-9-6-7-18-12(9)20-14(17)21-13/h6-7,10-11H,4-5,8H2,1-3H3,(H,23,24)(H2,18,19,20,21). The lowest BCUT2D eigenvalue weighted by atomic mass is 9.77. The molecular weight excluding hydrogens is 330 g/mol. The lowest BCUT2D eigenvalue weighted by molar-refractivity contribution is 0.0519. The third-order valence-corrected chi connectivity index (χ3v) is 4.64. The number of carboxylic acid groups (broad SMARTS) is 1. The van der Waals surface area contributed by atoms with Gasteiger partial charge in [-0.1, -0.05) is 20.8 Å². The zero-order valence-electron chi connectivity index (χ0n) is 14.0. The van der Waals surface area contributed by atoms with Gasteiger partial charge in [-0.05, 0) is 35.9 Å². The molecule has 2 aromatic rings. The first-order valence-electron chi connectivity index (χ1n) is 8.04. The van der Waals surface area contributed by atoms with Gasteiger partial charge in [-0.3, -0.25) is 0 Å². The van der Waals surface area contributed by atoms with E-state index in [1.807, 2.05) is 6.07 Å². The molecule has 3 N–H and O–H groups in total. The van der Waals surface area contributed by atoms with Crippen molar-refractivity contribution in [2.75, 3.05) is 11.9 Å². The third-order valence-electron chi connectivity index (χ3n) is 4.47. The molecule has 1 saturated heterocycles. The van der Waals surface area contributed by atoms with Gasteiger partial charge in [-0.2, -0.15) is 4.98 Å². The Balaban J connectivity index is 1.96. The number of hydrogen-bond donors (Lipinski definition) is 3. The van der Waals surface area contributed by atoms with Crippen LogP contribution in [0.25, 0.3) is 11.0 Å². The maximum absolute atomic E-state index is 11.7. The first kappa shape index (κ1) is 16.8. The van der Waals surface area contributed by atoms with Gasteiger partial charge >= 0.3 is 6.09 Å². The monoisotopic (exact) mass is 351 g/mol. The van der Waals surface area contributed by atoms with Crippen molar-refractivity contribution in [3.63, 3.8) is 0 Å². The molecule has 0 radical (unpaired) electrons. The van der Waals surface area contributed by atoms with Crippen LogP contribution in [0.5, 0.6) is 0 Å². The number of nitrogens with zero attached hydrogens (tertiary/aromatic N) is 3. The molecule has 8 heteroatoms. The molecule has 7 nitrogen and oxygen atoms in total. The Labute approximate surface area is 145 Å². The molecule has 3 rings (SSSR count). The van der Waals surface area contributed by atoms with E-state index in [0.29, 0.717) is 18.0 Å². The van der Waals surface area contributed by atoms with E-state index >= 15 is 0 Å². The van der Waals surface area contributed by atoms with Crippen molar-refractivity contribution in [3.05, 3.63) is 17.5 Å². The van der Waals surface area contributed by atoms with Crippen molar-refractivity contribution in [1.82, 2.24) is 19.9 Å². The number of carbonyl (C=O) groups is 1. The number of fused-ring (bicyclic) bond motifs is 1. The van der Waals surface area contributed by atoms with Crippen LogP contribution in [-0.2, 0) is 0 Å². The fraction of sp³-hybridized carbons (Fsp3) is 0.562. The summed E-state index contributed by atoms with van der Waals surface area (Å²) in [5.41, 5.74) is 0.459. The van der Waals surface area contributed by atoms with Crippen molar-refractivity contribution in [3.8, 4) is 0 Å². The van der Waals surface area contributed by atoms with Crippen molar-refractivity contribution >= 4 is 34.5 Å². The molecule has 2 atom stereocenters. The van der Waals surface area contributed by atoms with Gasteiger partial charge in [0.2, 0.25) is 5.28 Å². The highest BCUT2D eigenvalue weighted by Crippen LogP contribution is 2.34. The molecule has 1 amide bonds. The molecule has 0 aromatic carbocycles. The highest BCUT2D eigenvalue weighted by atomic mass is 35.5. The molecule has 1 fully saturated rings. The first-order valence-corrected chi connectivity index (χ1v) is 8.42. The molecule has 0 saturated carbocycles. The second kappa shape index (κ2) is 6.12. The van der Waals surface area contributed by atoms with Gasteiger partial charge in [0.25, 0.3) is 0 Å². The second-order valence-electron chi connectivity index (χ2n) is 7.26. The van der Waals surface area contributed by atoms with Crippen LogP contribution in [0.1, 0.15) is 33.6 Å².